The first-order valence-electron chi connectivity index (χ1n) is 10.7. The van der Waals surface area contributed by atoms with Crippen LogP contribution in [0, 0.1) is 0 Å². The maximum absolute atomic E-state index is 12.7. The molecule has 0 atom stereocenters. The fourth-order valence-corrected chi connectivity index (χ4v) is 4.51. The van der Waals surface area contributed by atoms with E-state index < -0.39 is 15.9 Å². The molecule has 0 bridgehead atoms. The standard InChI is InChI=1S/C22H28N4O4S/c1-3-16-17(14-9-11-30-12-10-14)5-4-6-18(16)25-21-20(22(27)26-31(2,28)29)24-19(13-23-21)15-7-8-15/h4-6,13-15H,3,7-12H2,1-2H3,(H,23,25)(H,26,27). The number of carbonyl (C=O) groups excluding carboxylic acids is 1. The maximum atomic E-state index is 12.7. The zero-order valence-corrected chi connectivity index (χ0v) is 18.7. The van der Waals surface area contributed by atoms with E-state index in [1.54, 1.807) is 6.20 Å². The number of nitrogens with one attached hydrogen (secondary N) is 2. The molecule has 0 unspecified atom stereocenters. The highest BCUT2D eigenvalue weighted by atomic mass is 32.2. The first-order chi connectivity index (χ1) is 14.9. The van der Waals surface area contributed by atoms with Crippen molar-refractivity contribution in [1.82, 2.24) is 14.7 Å². The molecule has 166 valence electrons. The van der Waals surface area contributed by atoms with E-state index in [4.69, 9.17) is 4.74 Å². The van der Waals surface area contributed by atoms with Crippen molar-refractivity contribution in [2.24, 2.45) is 0 Å². The average molecular weight is 445 g/mol. The van der Waals surface area contributed by atoms with Crippen LogP contribution in [0.25, 0.3) is 0 Å². The molecule has 1 aromatic carbocycles. The van der Waals surface area contributed by atoms with Crippen molar-refractivity contribution in [2.45, 2.75) is 50.9 Å². The highest BCUT2D eigenvalue weighted by Crippen LogP contribution is 2.39. The first kappa shape index (κ1) is 21.7. The predicted octanol–water partition coefficient (Wildman–Crippen LogP) is 3.24. The number of hydrogen-bond acceptors (Lipinski definition) is 7. The SMILES string of the molecule is CCc1c(Nc2ncc(C3CC3)nc2C(=O)NS(C)(=O)=O)cccc1C1CCOCC1. The van der Waals surface area contributed by atoms with Gasteiger partial charge in [0, 0.05) is 24.8 Å². The Balaban J connectivity index is 1.69. The molecule has 0 spiro atoms. The van der Waals surface area contributed by atoms with Crippen LogP contribution >= 0.6 is 0 Å². The van der Waals surface area contributed by atoms with Crippen LogP contribution < -0.4 is 10.0 Å². The lowest BCUT2D eigenvalue weighted by atomic mass is 9.86. The summed E-state index contributed by atoms with van der Waals surface area (Å²) in [5, 5.41) is 3.26. The van der Waals surface area contributed by atoms with E-state index in [9.17, 15) is 13.2 Å². The van der Waals surface area contributed by atoms with Gasteiger partial charge in [0.05, 0.1) is 18.1 Å². The third-order valence-corrected chi connectivity index (χ3v) is 6.32. The van der Waals surface area contributed by atoms with E-state index in [0.29, 0.717) is 5.92 Å². The van der Waals surface area contributed by atoms with Crippen molar-refractivity contribution in [3.63, 3.8) is 0 Å². The van der Waals surface area contributed by atoms with Crippen LogP contribution in [-0.2, 0) is 21.2 Å². The van der Waals surface area contributed by atoms with Crippen LogP contribution in [0.4, 0.5) is 11.5 Å². The third kappa shape index (κ3) is 5.22. The van der Waals surface area contributed by atoms with Crippen molar-refractivity contribution in [3.05, 3.63) is 46.9 Å². The van der Waals surface area contributed by atoms with Gasteiger partial charge in [0.25, 0.3) is 5.91 Å². The summed E-state index contributed by atoms with van der Waals surface area (Å²) < 4.78 is 30.8. The van der Waals surface area contributed by atoms with Gasteiger partial charge in [-0.15, -0.1) is 0 Å². The van der Waals surface area contributed by atoms with Crippen LogP contribution in [0.15, 0.2) is 24.4 Å². The Bertz CT molecular complexity index is 1080. The third-order valence-electron chi connectivity index (χ3n) is 5.76. The minimum atomic E-state index is -3.72. The summed E-state index contributed by atoms with van der Waals surface area (Å²) in [6, 6.07) is 6.10. The number of hydrogen-bond donors (Lipinski definition) is 2. The number of ether oxygens (including phenoxy) is 1. The number of nitrogens with zero attached hydrogens (tertiary/aromatic N) is 2. The van der Waals surface area contributed by atoms with E-state index in [0.717, 1.165) is 68.5 Å². The van der Waals surface area contributed by atoms with Gasteiger partial charge >= 0.3 is 0 Å². The van der Waals surface area contributed by atoms with Crippen molar-refractivity contribution in [3.8, 4) is 0 Å². The number of amides is 1. The first-order valence-corrected chi connectivity index (χ1v) is 12.6. The van der Waals surface area contributed by atoms with E-state index in [2.05, 4.69) is 28.3 Å². The van der Waals surface area contributed by atoms with Crippen LogP contribution in [-0.4, -0.2) is 43.8 Å². The Hall–Kier alpha value is -2.52. The Morgan fingerprint density at radius 3 is 2.55 bits per heavy atom. The van der Waals surface area contributed by atoms with E-state index >= 15 is 0 Å². The number of rotatable bonds is 7. The van der Waals surface area contributed by atoms with Gasteiger partial charge in [0.2, 0.25) is 10.0 Å². The largest absolute Gasteiger partial charge is 0.381 e. The van der Waals surface area contributed by atoms with Crippen molar-refractivity contribution in [2.75, 3.05) is 24.8 Å². The number of benzene rings is 1. The predicted molar refractivity (Wildman–Crippen MR) is 118 cm³/mol. The van der Waals surface area contributed by atoms with E-state index in [1.807, 2.05) is 16.9 Å². The zero-order valence-electron chi connectivity index (χ0n) is 17.8. The quantitative estimate of drug-likeness (QED) is 0.674. The van der Waals surface area contributed by atoms with Crippen molar-refractivity contribution in [1.29, 1.82) is 0 Å². The minimum Gasteiger partial charge on any atom is -0.381 e. The van der Waals surface area contributed by atoms with Crippen molar-refractivity contribution >= 4 is 27.4 Å². The molecule has 31 heavy (non-hydrogen) atoms. The van der Waals surface area contributed by atoms with Gasteiger partial charge in [-0.25, -0.2) is 23.1 Å². The highest BCUT2D eigenvalue weighted by molar-refractivity contribution is 7.89. The molecule has 0 radical (unpaired) electrons. The number of carbonyl (C=O) groups is 1. The van der Waals surface area contributed by atoms with Gasteiger partial charge in [-0.1, -0.05) is 19.1 Å². The highest BCUT2D eigenvalue weighted by Gasteiger charge is 2.28. The second-order valence-corrected chi connectivity index (χ2v) is 9.96. The van der Waals surface area contributed by atoms with Gasteiger partial charge in [0.15, 0.2) is 11.5 Å². The number of aromatic nitrogens is 2. The Kier molecular flexibility index (Phi) is 6.24. The Labute approximate surface area is 182 Å². The van der Waals surface area contributed by atoms with Crippen LogP contribution in [0.5, 0.6) is 0 Å². The fourth-order valence-electron chi connectivity index (χ4n) is 4.08. The van der Waals surface area contributed by atoms with Crippen LogP contribution in [0.3, 0.4) is 0 Å². The lowest BCUT2D eigenvalue weighted by Gasteiger charge is -2.26. The molecule has 1 aliphatic carbocycles. The molecule has 1 aliphatic heterocycles. The van der Waals surface area contributed by atoms with Gasteiger partial charge in [-0.05, 0) is 55.2 Å². The second-order valence-electron chi connectivity index (χ2n) is 8.21. The molecule has 2 fully saturated rings. The van der Waals surface area contributed by atoms with E-state index in [-0.39, 0.29) is 17.4 Å². The Morgan fingerprint density at radius 1 is 1.16 bits per heavy atom. The summed E-state index contributed by atoms with van der Waals surface area (Å²) in [4.78, 5) is 21.6. The molecular formula is C22H28N4O4S. The summed E-state index contributed by atoms with van der Waals surface area (Å²) in [6.07, 6.45) is 7.40. The maximum Gasteiger partial charge on any atom is 0.287 e. The molecule has 9 heteroatoms. The Morgan fingerprint density at radius 2 is 1.90 bits per heavy atom. The number of anilines is 2. The van der Waals surface area contributed by atoms with Gasteiger partial charge in [-0.3, -0.25) is 4.79 Å². The average Bonchev–Trinajstić information content (AvgIpc) is 3.58. The molecule has 2 heterocycles. The molecule has 1 aromatic heterocycles. The molecule has 2 aromatic rings. The van der Waals surface area contributed by atoms with Gasteiger partial charge in [0.1, 0.15) is 0 Å². The summed E-state index contributed by atoms with van der Waals surface area (Å²) in [7, 11) is -3.72. The molecular weight excluding hydrogens is 416 g/mol. The smallest absolute Gasteiger partial charge is 0.287 e. The second kappa shape index (κ2) is 8.92. The number of sulfonamides is 1. The summed E-state index contributed by atoms with van der Waals surface area (Å²) >= 11 is 0. The van der Waals surface area contributed by atoms with Gasteiger partial charge in [-0.2, -0.15) is 0 Å². The van der Waals surface area contributed by atoms with Crippen LogP contribution in [0.1, 0.15) is 71.8 Å². The zero-order chi connectivity index (χ0) is 22.0. The summed E-state index contributed by atoms with van der Waals surface area (Å²) in [5.41, 5.74) is 4.01. The molecule has 1 saturated carbocycles. The van der Waals surface area contributed by atoms with Crippen LogP contribution in [0.2, 0.25) is 0 Å². The molecule has 2 N–H and O–H groups in total. The summed E-state index contributed by atoms with van der Waals surface area (Å²) in [5.74, 6) is 0.194. The molecule has 1 saturated heterocycles. The normalized spacial score (nSPS) is 17.4. The van der Waals surface area contributed by atoms with E-state index in [1.165, 1.54) is 5.56 Å². The lowest BCUT2D eigenvalue weighted by Crippen LogP contribution is -2.31. The fraction of sp³-hybridized carbons (Fsp3) is 0.500. The van der Waals surface area contributed by atoms with Crippen molar-refractivity contribution < 1.29 is 17.9 Å². The summed E-state index contributed by atoms with van der Waals surface area (Å²) in [6.45, 7) is 3.62. The lowest BCUT2D eigenvalue weighted by molar-refractivity contribution is 0.0852. The monoisotopic (exact) mass is 444 g/mol. The minimum absolute atomic E-state index is 0.00616. The molecule has 2 aliphatic rings. The molecule has 1 amide bonds. The molecule has 8 nitrogen and oxygen atoms in total. The topological polar surface area (TPSA) is 110 Å². The van der Waals surface area contributed by atoms with Gasteiger partial charge < -0.3 is 10.1 Å². The molecule has 4 rings (SSSR count).